The van der Waals surface area contributed by atoms with Crippen molar-refractivity contribution in [3.8, 4) is 0 Å². The summed E-state index contributed by atoms with van der Waals surface area (Å²) in [6, 6.07) is 14.0. The van der Waals surface area contributed by atoms with Crippen molar-refractivity contribution in [2.45, 2.75) is 54.4 Å². The van der Waals surface area contributed by atoms with Crippen LogP contribution in [-0.4, -0.2) is 69.9 Å². The van der Waals surface area contributed by atoms with Crippen molar-refractivity contribution in [1.82, 2.24) is 9.80 Å². The lowest BCUT2D eigenvalue weighted by Crippen LogP contribution is -2.55. The number of hydrogen-bond acceptors (Lipinski definition) is 4. The molecule has 2 aliphatic carbocycles. The summed E-state index contributed by atoms with van der Waals surface area (Å²) >= 11 is 0. The molecular formula is C40H44N2O6. The molecule has 0 spiro atoms. The first-order chi connectivity index (χ1) is 22.5. The lowest BCUT2D eigenvalue weighted by molar-refractivity contribution is -0.153. The van der Waals surface area contributed by atoms with Gasteiger partial charge in [0.2, 0.25) is 0 Å². The number of amides is 2. The number of carbonyl (C=O) groups is 4. The van der Waals surface area contributed by atoms with E-state index in [1.807, 2.05) is 24.3 Å². The first kappa shape index (κ1) is 33.2. The highest BCUT2D eigenvalue weighted by atomic mass is 16.4. The average Bonchev–Trinajstić information content (AvgIpc) is 3.03. The molecule has 2 aliphatic heterocycles. The van der Waals surface area contributed by atoms with E-state index in [1.165, 1.54) is 11.1 Å². The number of benzene rings is 2. The minimum absolute atomic E-state index is 0.251. The summed E-state index contributed by atoms with van der Waals surface area (Å²) in [7, 11) is 0. The van der Waals surface area contributed by atoms with Gasteiger partial charge in [-0.25, -0.2) is 9.59 Å². The molecule has 0 fully saturated rings. The Kier molecular flexibility index (Phi) is 7.93. The molecule has 0 unspecified atom stereocenters. The van der Waals surface area contributed by atoms with Gasteiger partial charge in [0.1, 0.15) is 0 Å². The predicted octanol–water partition coefficient (Wildman–Crippen LogP) is 6.96. The summed E-state index contributed by atoms with van der Waals surface area (Å²) in [6.45, 7) is 14.6. The number of carboxylic acid groups (broad SMARTS) is 2. The van der Waals surface area contributed by atoms with Gasteiger partial charge >= 0.3 is 23.8 Å². The molecule has 2 atom stereocenters. The van der Waals surface area contributed by atoms with Crippen molar-refractivity contribution < 1.29 is 29.4 Å². The monoisotopic (exact) mass is 648 g/mol. The Labute approximate surface area is 282 Å². The molecule has 0 bridgehead atoms. The molecule has 4 aliphatic rings. The van der Waals surface area contributed by atoms with Crippen molar-refractivity contribution in [2.75, 3.05) is 26.2 Å². The summed E-state index contributed by atoms with van der Waals surface area (Å²) in [5.74, 6) is -2.86. The van der Waals surface area contributed by atoms with Crippen LogP contribution in [0.25, 0.3) is 11.1 Å². The quantitative estimate of drug-likeness (QED) is 0.274. The fraction of sp³-hybridized carbons (Fsp3) is 0.400. The lowest BCUT2D eigenvalue weighted by atomic mass is 9.58. The molecule has 250 valence electrons. The van der Waals surface area contributed by atoms with Crippen molar-refractivity contribution in [2.24, 2.45) is 21.7 Å². The highest BCUT2D eigenvalue weighted by Crippen LogP contribution is 2.57. The number of aromatic carboxylic acids is 2. The Morgan fingerprint density at radius 3 is 1.19 bits per heavy atom. The zero-order chi connectivity index (χ0) is 34.8. The van der Waals surface area contributed by atoms with Crippen molar-refractivity contribution in [1.29, 1.82) is 0 Å². The highest BCUT2D eigenvalue weighted by Gasteiger charge is 2.49. The molecule has 2 aromatic carbocycles. The standard InChI is InChI=1S/C40H44N2O6/c1-37(2)29(25-7-11-27(12-8-25)35(45)46)15-19-39(5)23-41(21-17-31(37)39)33(43)34(44)42-22-18-32-38(3,4)30(16-20-40(32,6)24-42)26-9-13-28(14-10-26)36(47)48/h7-18H,19-24H2,1-6H3,(H,45,46)(H,47,48)/t39-,40-/m1/s1. The van der Waals surface area contributed by atoms with Gasteiger partial charge in [-0.15, -0.1) is 0 Å². The summed E-state index contributed by atoms with van der Waals surface area (Å²) in [4.78, 5) is 53.8. The van der Waals surface area contributed by atoms with E-state index in [-0.39, 0.29) is 32.8 Å². The van der Waals surface area contributed by atoms with Crippen LogP contribution in [0, 0.1) is 21.7 Å². The first-order valence-electron chi connectivity index (χ1n) is 16.6. The number of nitrogens with zero attached hydrogens (tertiary/aromatic N) is 2. The molecule has 2 amide bonds. The topological polar surface area (TPSA) is 115 Å². The minimum Gasteiger partial charge on any atom is -0.478 e. The first-order valence-corrected chi connectivity index (χ1v) is 16.6. The third-order valence-electron chi connectivity index (χ3n) is 11.3. The number of rotatable bonds is 4. The highest BCUT2D eigenvalue weighted by molar-refractivity contribution is 6.35. The van der Waals surface area contributed by atoms with Gasteiger partial charge in [-0.05, 0) is 59.4 Å². The van der Waals surface area contributed by atoms with Crippen LogP contribution in [0.3, 0.4) is 0 Å². The number of carboxylic acids is 2. The molecule has 6 rings (SSSR count). The molecule has 48 heavy (non-hydrogen) atoms. The minimum atomic E-state index is -0.953. The van der Waals surface area contributed by atoms with E-state index in [0.29, 0.717) is 39.0 Å². The summed E-state index contributed by atoms with van der Waals surface area (Å²) in [5, 5.41) is 18.6. The third kappa shape index (κ3) is 5.41. The van der Waals surface area contributed by atoms with Crippen LogP contribution in [0.15, 0.2) is 84.0 Å². The SMILES string of the molecule is CC1(C)C(c2ccc(C(=O)O)cc2)=CC[C@]2(C)CN(C(=O)C(=O)N3CC=C4C(C)(C)C(c5ccc(C(=O)O)cc5)=CC[C@]4(C)C3)CC=C12. The molecular weight excluding hydrogens is 604 g/mol. The van der Waals surface area contributed by atoms with Gasteiger partial charge in [0.15, 0.2) is 0 Å². The van der Waals surface area contributed by atoms with Crippen LogP contribution in [0.5, 0.6) is 0 Å². The number of carbonyl (C=O) groups excluding carboxylic acids is 2. The smallest absolute Gasteiger partial charge is 0.335 e. The molecule has 0 saturated carbocycles. The van der Waals surface area contributed by atoms with Gasteiger partial charge in [0.25, 0.3) is 0 Å². The van der Waals surface area contributed by atoms with Crippen molar-refractivity contribution in [3.05, 3.63) is 106 Å². The maximum atomic E-state index is 13.8. The second-order valence-electron chi connectivity index (χ2n) is 15.4. The normalized spacial score (nSPS) is 25.8. The molecule has 8 nitrogen and oxygen atoms in total. The fourth-order valence-corrected chi connectivity index (χ4v) is 8.98. The van der Waals surface area contributed by atoms with Crippen LogP contribution in [0.1, 0.15) is 86.2 Å². The van der Waals surface area contributed by atoms with Gasteiger partial charge in [0, 0.05) is 47.8 Å². The molecule has 2 aromatic rings. The van der Waals surface area contributed by atoms with E-state index < -0.39 is 23.8 Å². The van der Waals surface area contributed by atoms with E-state index in [2.05, 4.69) is 65.8 Å². The van der Waals surface area contributed by atoms with Crippen molar-refractivity contribution in [3.63, 3.8) is 0 Å². The summed E-state index contributed by atoms with van der Waals surface area (Å²) in [6.07, 6.45) is 10.0. The Balaban J connectivity index is 1.17. The van der Waals surface area contributed by atoms with Gasteiger partial charge in [-0.3, -0.25) is 9.59 Å². The van der Waals surface area contributed by atoms with Gasteiger partial charge in [-0.2, -0.15) is 0 Å². The van der Waals surface area contributed by atoms with E-state index in [9.17, 15) is 29.4 Å². The van der Waals surface area contributed by atoms with E-state index >= 15 is 0 Å². The Hall–Kier alpha value is -4.72. The number of hydrogen-bond donors (Lipinski definition) is 2. The second-order valence-corrected chi connectivity index (χ2v) is 15.4. The maximum absolute atomic E-state index is 13.8. The Morgan fingerprint density at radius 1 is 0.542 bits per heavy atom. The molecule has 0 aromatic heterocycles. The second kappa shape index (κ2) is 11.5. The molecule has 0 saturated heterocycles. The summed E-state index contributed by atoms with van der Waals surface area (Å²) in [5.41, 5.74) is 5.86. The molecule has 8 heteroatoms. The summed E-state index contributed by atoms with van der Waals surface area (Å²) < 4.78 is 0. The van der Waals surface area contributed by atoms with Crippen LogP contribution in [0.2, 0.25) is 0 Å². The largest absolute Gasteiger partial charge is 0.478 e. The molecule has 0 radical (unpaired) electrons. The maximum Gasteiger partial charge on any atom is 0.335 e. The van der Waals surface area contributed by atoms with Crippen LogP contribution in [0.4, 0.5) is 0 Å². The number of allylic oxidation sites excluding steroid dienone is 4. The van der Waals surface area contributed by atoms with E-state index in [4.69, 9.17) is 0 Å². The Bertz CT molecular complexity index is 1710. The molecule has 2 N–H and O–H groups in total. The number of fused-ring (bicyclic) bond motifs is 2. The molecule has 2 heterocycles. The van der Waals surface area contributed by atoms with E-state index in [1.54, 1.807) is 34.1 Å². The fourth-order valence-electron chi connectivity index (χ4n) is 8.98. The third-order valence-corrected chi connectivity index (χ3v) is 11.3. The van der Waals surface area contributed by atoms with Crippen LogP contribution < -0.4 is 0 Å². The predicted molar refractivity (Wildman–Crippen MR) is 185 cm³/mol. The van der Waals surface area contributed by atoms with Gasteiger partial charge in [0.05, 0.1) is 11.1 Å². The zero-order valence-electron chi connectivity index (χ0n) is 28.6. The van der Waals surface area contributed by atoms with Crippen LogP contribution >= 0.6 is 0 Å². The van der Waals surface area contributed by atoms with Gasteiger partial charge < -0.3 is 20.0 Å². The lowest BCUT2D eigenvalue weighted by Gasteiger charge is -2.51. The average molecular weight is 649 g/mol. The van der Waals surface area contributed by atoms with Crippen LogP contribution in [-0.2, 0) is 9.59 Å². The van der Waals surface area contributed by atoms with E-state index in [0.717, 1.165) is 22.3 Å². The van der Waals surface area contributed by atoms with Crippen molar-refractivity contribution >= 4 is 34.9 Å². The Morgan fingerprint density at radius 2 is 0.875 bits per heavy atom. The zero-order valence-corrected chi connectivity index (χ0v) is 28.6. The van der Waals surface area contributed by atoms with Gasteiger partial charge in [-0.1, -0.05) is 101 Å².